The number of halogens is 1. The first-order chi connectivity index (χ1) is 8.08. The summed E-state index contributed by atoms with van der Waals surface area (Å²) >= 11 is 9.28. The lowest BCUT2D eigenvalue weighted by Gasteiger charge is -2.10. The molecule has 0 aliphatic carbocycles. The highest BCUT2D eigenvalue weighted by atomic mass is 35.5. The van der Waals surface area contributed by atoms with Crippen LogP contribution in [0.25, 0.3) is 0 Å². The Labute approximate surface area is 114 Å². The summed E-state index contributed by atoms with van der Waals surface area (Å²) in [7, 11) is 0. The lowest BCUT2D eigenvalue weighted by atomic mass is 10.1. The van der Waals surface area contributed by atoms with Crippen LogP contribution in [0.1, 0.15) is 31.0 Å². The standard InChI is InChI=1S/C11H12ClN3S2/c1-6(2)8-9(12)13-5-14-10(8)17-11-15-7(3)4-16-11/h4-6H,1-3H3. The molecular weight excluding hydrogens is 274 g/mol. The highest BCUT2D eigenvalue weighted by Gasteiger charge is 2.15. The Balaban J connectivity index is 2.35. The van der Waals surface area contributed by atoms with Crippen LogP contribution in [0, 0.1) is 6.92 Å². The first kappa shape index (κ1) is 12.8. The fourth-order valence-electron chi connectivity index (χ4n) is 1.39. The zero-order valence-electron chi connectivity index (χ0n) is 9.77. The molecule has 3 nitrogen and oxygen atoms in total. The summed E-state index contributed by atoms with van der Waals surface area (Å²) in [5, 5.41) is 3.46. The number of hydrogen-bond acceptors (Lipinski definition) is 5. The van der Waals surface area contributed by atoms with Crippen LogP contribution < -0.4 is 0 Å². The van der Waals surface area contributed by atoms with Crippen molar-refractivity contribution in [2.75, 3.05) is 0 Å². The molecule has 0 atom stereocenters. The summed E-state index contributed by atoms with van der Waals surface area (Å²) in [4.78, 5) is 12.7. The van der Waals surface area contributed by atoms with Crippen molar-refractivity contribution < 1.29 is 0 Å². The van der Waals surface area contributed by atoms with E-state index >= 15 is 0 Å². The molecule has 2 aromatic heterocycles. The summed E-state index contributed by atoms with van der Waals surface area (Å²) in [6.45, 7) is 6.15. The minimum absolute atomic E-state index is 0.298. The Kier molecular flexibility index (Phi) is 4.01. The van der Waals surface area contributed by atoms with Crippen LogP contribution in [0.15, 0.2) is 21.1 Å². The normalized spacial score (nSPS) is 11.1. The van der Waals surface area contributed by atoms with Crippen LogP contribution in [-0.2, 0) is 0 Å². The molecule has 0 unspecified atom stereocenters. The third-order valence-corrected chi connectivity index (χ3v) is 4.53. The molecule has 0 aliphatic heterocycles. The number of aromatic nitrogens is 3. The molecule has 0 saturated heterocycles. The van der Waals surface area contributed by atoms with Gasteiger partial charge in [-0.15, -0.1) is 11.3 Å². The topological polar surface area (TPSA) is 38.7 Å². The van der Waals surface area contributed by atoms with Crippen molar-refractivity contribution in [2.24, 2.45) is 0 Å². The molecular formula is C11H12ClN3S2. The van der Waals surface area contributed by atoms with Crippen LogP contribution >= 0.6 is 34.7 Å². The van der Waals surface area contributed by atoms with Crippen molar-refractivity contribution in [1.29, 1.82) is 0 Å². The molecule has 0 spiro atoms. The van der Waals surface area contributed by atoms with Crippen molar-refractivity contribution in [3.8, 4) is 0 Å². The second-order valence-electron chi connectivity index (χ2n) is 3.89. The molecule has 0 aliphatic rings. The predicted molar refractivity (Wildman–Crippen MR) is 72.1 cm³/mol. The molecule has 90 valence electrons. The van der Waals surface area contributed by atoms with Crippen LogP contribution in [-0.4, -0.2) is 15.0 Å². The van der Waals surface area contributed by atoms with E-state index in [-0.39, 0.29) is 0 Å². The smallest absolute Gasteiger partial charge is 0.156 e. The predicted octanol–water partition coefficient (Wildman–Crippen LogP) is 4.17. The van der Waals surface area contributed by atoms with E-state index in [4.69, 9.17) is 11.6 Å². The zero-order chi connectivity index (χ0) is 12.4. The van der Waals surface area contributed by atoms with E-state index < -0.39 is 0 Å². The molecule has 2 rings (SSSR count). The minimum atomic E-state index is 0.298. The molecule has 0 radical (unpaired) electrons. The van der Waals surface area contributed by atoms with E-state index in [1.807, 2.05) is 12.3 Å². The van der Waals surface area contributed by atoms with E-state index in [0.29, 0.717) is 11.1 Å². The van der Waals surface area contributed by atoms with Crippen LogP contribution in [0.5, 0.6) is 0 Å². The van der Waals surface area contributed by atoms with Gasteiger partial charge in [0.05, 0.1) is 0 Å². The highest BCUT2D eigenvalue weighted by molar-refractivity contribution is 8.01. The Morgan fingerprint density at radius 3 is 2.71 bits per heavy atom. The second-order valence-corrected chi connectivity index (χ2v) is 6.35. The Morgan fingerprint density at radius 1 is 1.35 bits per heavy atom. The van der Waals surface area contributed by atoms with Gasteiger partial charge in [-0.1, -0.05) is 25.4 Å². The third-order valence-electron chi connectivity index (χ3n) is 2.16. The zero-order valence-corrected chi connectivity index (χ0v) is 12.2. The largest absolute Gasteiger partial charge is 0.235 e. The third kappa shape index (κ3) is 2.97. The van der Waals surface area contributed by atoms with E-state index in [9.17, 15) is 0 Å². The van der Waals surface area contributed by atoms with Crippen LogP contribution in [0.3, 0.4) is 0 Å². The van der Waals surface area contributed by atoms with Crippen molar-refractivity contribution >= 4 is 34.7 Å². The van der Waals surface area contributed by atoms with Gasteiger partial charge >= 0.3 is 0 Å². The van der Waals surface area contributed by atoms with Crippen LogP contribution in [0.2, 0.25) is 5.15 Å². The number of aryl methyl sites for hydroxylation is 1. The molecule has 0 amide bonds. The van der Waals surface area contributed by atoms with Crippen molar-refractivity contribution in [3.63, 3.8) is 0 Å². The van der Waals surface area contributed by atoms with Gasteiger partial charge in [-0.05, 0) is 24.6 Å². The monoisotopic (exact) mass is 285 g/mol. The van der Waals surface area contributed by atoms with Crippen molar-refractivity contribution in [3.05, 3.63) is 28.1 Å². The minimum Gasteiger partial charge on any atom is -0.235 e. The van der Waals surface area contributed by atoms with E-state index in [2.05, 4.69) is 28.8 Å². The SMILES string of the molecule is Cc1csc(Sc2ncnc(Cl)c2C(C)C)n1. The van der Waals surface area contributed by atoms with Crippen molar-refractivity contribution in [1.82, 2.24) is 15.0 Å². The van der Waals surface area contributed by atoms with Gasteiger partial charge in [0.1, 0.15) is 16.5 Å². The fourth-order valence-corrected chi connectivity index (χ4v) is 3.79. The number of hydrogen-bond donors (Lipinski definition) is 0. The van der Waals surface area contributed by atoms with Gasteiger partial charge in [0.15, 0.2) is 4.34 Å². The molecule has 2 heterocycles. The van der Waals surface area contributed by atoms with Gasteiger partial charge in [-0.3, -0.25) is 0 Å². The first-order valence-corrected chi connectivity index (χ1v) is 7.25. The Hall–Kier alpha value is -0.650. The lowest BCUT2D eigenvalue weighted by Crippen LogP contribution is -1.97. The molecule has 17 heavy (non-hydrogen) atoms. The van der Waals surface area contributed by atoms with Gasteiger partial charge < -0.3 is 0 Å². The quantitative estimate of drug-likeness (QED) is 0.794. The van der Waals surface area contributed by atoms with E-state index in [1.54, 1.807) is 23.1 Å². The molecule has 0 aromatic carbocycles. The highest BCUT2D eigenvalue weighted by Crippen LogP contribution is 2.36. The number of nitrogens with zero attached hydrogens (tertiary/aromatic N) is 3. The molecule has 2 aromatic rings. The maximum absolute atomic E-state index is 6.11. The maximum atomic E-state index is 6.11. The van der Waals surface area contributed by atoms with Gasteiger partial charge in [-0.2, -0.15) is 0 Å². The lowest BCUT2D eigenvalue weighted by molar-refractivity contribution is 0.802. The Morgan fingerprint density at radius 2 is 2.12 bits per heavy atom. The second kappa shape index (κ2) is 5.33. The molecule has 0 bridgehead atoms. The van der Waals surface area contributed by atoms with Gasteiger partial charge in [0, 0.05) is 16.6 Å². The summed E-state index contributed by atoms with van der Waals surface area (Å²) in [6.07, 6.45) is 1.50. The first-order valence-electron chi connectivity index (χ1n) is 5.18. The van der Waals surface area contributed by atoms with Crippen molar-refractivity contribution in [2.45, 2.75) is 36.1 Å². The van der Waals surface area contributed by atoms with Gasteiger partial charge in [0.25, 0.3) is 0 Å². The summed E-state index contributed by atoms with van der Waals surface area (Å²) in [5.74, 6) is 0.298. The average molecular weight is 286 g/mol. The molecule has 0 saturated carbocycles. The number of rotatable bonds is 3. The molecule has 0 N–H and O–H groups in total. The van der Waals surface area contributed by atoms with E-state index in [1.165, 1.54) is 6.33 Å². The number of thiazole rings is 1. The maximum Gasteiger partial charge on any atom is 0.156 e. The average Bonchev–Trinajstić information content (AvgIpc) is 2.63. The fraction of sp³-hybridized carbons (Fsp3) is 0.364. The summed E-state index contributed by atoms with van der Waals surface area (Å²) in [6, 6.07) is 0. The van der Waals surface area contributed by atoms with E-state index in [0.717, 1.165) is 20.6 Å². The van der Waals surface area contributed by atoms with Gasteiger partial charge in [-0.25, -0.2) is 15.0 Å². The molecule has 6 heteroatoms. The Bertz CT molecular complexity index is 525. The summed E-state index contributed by atoms with van der Waals surface area (Å²) in [5.41, 5.74) is 2.02. The van der Waals surface area contributed by atoms with Crippen LogP contribution in [0.4, 0.5) is 0 Å². The molecule has 0 fully saturated rings. The van der Waals surface area contributed by atoms with Gasteiger partial charge in [0.2, 0.25) is 0 Å². The summed E-state index contributed by atoms with van der Waals surface area (Å²) < 4.78 is 0.985.